The predicted octanol–water partition coefficient (Wildman–Crippen LogP) is 1.05. The summed E-state index contributed by atoms with van der Waals surface area (Å²) in [5, 5.41) is 2.02. The zero-order valence-electron chi connectivity index (χ0n) is 8.48. The molecule has 0 radical (unpaired) electrons. The summed E-state index contributed by atoms with van der Waals surface area (Å²) in [5.74, 6) is 0.559. The largest absolute Gasteiger partial charge is 0.330 e. The Morgan fingerprint density at radius 1 is 1.53 bits per heavy atom. The average molecular weight is 245 g/mol. The number of hydrogen-bond donors (Lipinski definition) is 1. The summed E-state index contributed by atoms with van der Waals surface area (Å²) in [6, 6.07) is 4.04. The molecule has 0 spiro atoms. The van der Waals surface area contributed by atoms with E-state index >= 15 is 0 Å². The van der Waals surface area contributed by atoms with Gasteiger partial charge in [0.15, 0.2) is 9.84 Å². The zero-order chi connectivity index (χ0) is 10.9. The fraction of sp³-hybridized carbons (Fsp3) is 0.600. The van der Waals surface area contributed by atoms with Gasteiger partial charge in [-0.15, -0.1) is 11.3 Å². The summed E-state index contributed by atoms with van der Waals surface area (Å²) in [5.41, 5.74) is 5.54. The first-order valence-corrected chi connectivity index (χ1v) is 7.68. The molecule has 1 atom stereocenters. The van der Waals surface area contributed by atoms with Crippen molar-refractivity contribution in [3.8, 4) is 0 Å². The van der Waals surface area contributed by atoms with Crippen LogP contribution in [-0.4, -0.2) is 26.5 Å². The molecule has 5 heteroatoms. The van der Waals surface area contributed by atoms with Gasteiger partial charge in [-0.1, -0.05) is 6.07 Å². The molecule has 0 amide bonds. The van der Waals surface area contributed by atoms with E-state index in [1.165, 1.54) is 4.88 Å². The van der Waals surface area contributed by atoms with Crippen LogP contribution in [0.4, 0.5) is 0 Å². The zero-order valence-corrected chi connectivity index (χ0v) is 10.1. The van der Waals surface area contributed by atoms with Crippen molar-refractivity contribution in [2.24, 2.45) is 11.1 Å². The van der Waals surface area contributed by atoms with E-state index in [-0.39, 0.29) is 11.2 Å². The Labute approximate surface area is 94.2 Å². The maximum Gasteiger partial charge on any atom is 0.150 e. The van der Waals surface area contributed by atoms with Gasteiger partial charge in [0.2, 0.25) is 0 Å². The van der Waals surface area contributed by atoms with Crippen LogP contribution < -0.4 is 5.73 Å². The van der Waals surface area contributed by atoms with E-state index < -0.39 is 9.84 Å². The van der Waals surface area contributed by atoms with Crippen LogP contribution >= 0.6 is 11.3 Å². The maximum absolute atomic E-state index is 11.5. The molecule has 2 N–H and O–H groups in total. The van der Waals surface area contributed by atoms with Gasteiger partial charge in [0, 0.05) is 10.3 Å². The normalized spacial score (nSPS) is 29.4. The van der Waals surface area contributed by atoms with Crippen LogP contribution in [0.2, 0.25) is 0 Å². The Balaban J connectivity index is 2.17. The fourth-order valence-corrected chi connectivity index (χ4v) is 5.20. The Kier molecular flexibility index (Phi) is 2.87. The third-order valence-corrected chi connectivity index (χ3v) is 5.79. The van der Waals surface area contributed by atoms with E-state index in [1.807, 2.05) is 17.5 Å². The van der Waals surface area contributed by atoms with Crippen molar-refractivity contribution in [2.45, 2.75) is 12.8 Å². The summed E-state index contributed by atoms with van der Waals surface area (Å²) in [7, 11) is -2.84. The molecule has 1 aliphatic rings. The number of rotatable bonds is 3. The first-order chi connectivity index (χ1) is 7.05. The highest BCUT2D eigenvalue weighted by Crippen LogP contribution is 2.35. The highest BCUT2D eigenvalue weighted by atomic mass is 32.2. The van der Waals surface area contributed by atoms with Crippen LogP contribution in [0, 0.1) is 5.41 Å². The van der Waals surface area contributed by atoms with Gasteiger partial charge in [-0.25, -0.2) is 8.42 Å². The molecule has 3 nitrogen and oxygen atoms in total. The first-order valence-electron chi connectivity index (χ1n) is 4.98. The van der Waals surface area contributed by atoms with Gasteiger partial charge in [0.05, 0.1) is 11.5 Å². The lowest BCUT2D eigenvalue weighted by Crippen LogP contribution is -2.33. The Morgan fingerprint density at radius 2 is 2.33 bits per heavy atom. The van der Waals surface area contributed by atoms with Crippen LogP contribution in [0.5, 0.6) is 0 Å². The Hall–Kier alpha value is -0.390. The van der Waals surface area contributed by atoms with Crippen LogP contribution in [0.1, 0.15) is 11.3 Å². The lowest BCUT2D eigenvalue weighted by atomic mass is 9.83. The van der Waals surface area contributed by atoms with E-state index in [0.29, 0.717) is 18.7 Å². The van der Waals surface area contributed by atoms with Crippen molar-refractivity contribution in [3.63, 3.8) is 0 Å². The molecule has 0 bridgehead atoms. The molecule has 2 rings (SSSR count). The number of thiophene rings is 1. The third-order valence-electron chi connectivity index (χ3n) is 3.03. The molecule has 0 saturated carbocycles. The topological polar surface area (TPSA) is 60.2 Å². The summed E-state index contributed by atoms with van der Waals surface area (Å²) in [6.45, 7) is 0.462. The molecule has 1 fully saturated rings. The van der Waals surface area contributed by atoms with Crippen molar-refractivity contribution < 1.29 is 8.42 Å². The highest BCUT2D eigenvalue weighted by molar-refractivity contribution is 7.91. The van der Waals surface area contributed by atoms with Gasteiger partial charge in [-0.3, -0.25) is 0 Å². The van der Waals surface area contributed by atoms with Crippen molar-refractivity contribution >= 4 is 21.2 Å². The summed E-state index contributed by atoms with van der Waals surface area (Å²) in [4.78, 5) is 1.23. The SMILES string of the molecule is NCC1(Cc2cccs2)CCS(=O)(=O)C1. The lowest BCUT2D eigenvalue weighted by Gasteiger charge is -2.24. The summed E-state index contributed by atoms with van der Waals surface area (Å²) >= 11 is 1.67. The van der Waals surface area contributed by atoms with Crippen LogP contribution in [0.15, 0.2) is 17.5 Å². The van der Waals surface area contributed by atoms with Gasteiger partial charge >= 0.3 is 0 Å². The van der Waals surface area contributed by atoms with E-state index in [4.69, 9.17) is 5.73 Å². The highest BCUT2D eigenvalue weighted by Gasteiger charge is 2.41. The van der Waals surface area contributed by atoms with Crippen LogP contribution in [-0.2, 0) is 16.3 Å². The standard InChI is InChI=1S/C10H15NO2S2/c11-7-10(3-5-15(12,13)8-10)6-9-2-1-4-14-9/h1-2,4H,3,5-8,11H2. The smallest absolute Gasteiger partial charge is 0.150 e. The average Bonchev–Trinajstić information content (AvgIpc) is 2.75. The van der Waals surface area contributed by atoms with Crippen LogP contribution in [0.25, 0.3) is 0 Å². The molecule has 1 aromatic rings. The molecule has 15 heavy (non-hydrogen) atoms. The third kappa shape index (κ3) is 2.41. The van der Waals surface area contributed by atoms with E-state index in [9.17, 15) is 8.42 Å². The van der Waals surface area contributed by atoms with Crippen molar-refractivity contribution in [3.05, 3.63) is 22.4 Å². The van der Waals surface area contributed by atoms with E-state index in [1.54, 1.807) is 11.3 Å². The lowest BCUT2D eigenvalue weighted by molar-refractivity contribution is 0.347. The molecule has 84 valence electrons. The van der Waals surface area contributed by atoms with E-state index in [0.717, 1.165) is 6.42 Å². The molecule has 2 heterocycles. The van der Waals surface area contributed by atoms with Crippen molar-refractivity contribution in [1.29, 1.82) is 0 Å². The minimum atomic E-state index is -2.84. The van der Waals surface area contributed by atoms with Crippen molar-refractivity contribution in [1.82, 2.24) is 0 Å². The van der Waals surface area contributed by atoms with Crippen LogP contribution in [0.3, 0.4) is 0 Å². The Morgan fingerprint density at radius 3 is 2.80 bits per heavy atom. The van der Waals surface area contributed by atoms with Gasteiger partial charge < -0.3 is 5.73 Å². The second kappa shape index (κ2) is 3.88. The summed E-state index contributed by atoms with van der Waals surface area (Å²) < 4.78 is 23.0. The minimum absolute atomic E-state index is 0.205. The maximum atomic E-state index is 11.5. The number of hydrogen-bond acceptors (Lipinski definition) is 4. The quantitative estimate of drug-likeness (QED) is 0.866. The first kappa shape index (κ1) is 11.1. The molecule has 0 aliphatic carbocycles. The van der Waals surface area contributed by atoms with Gasteiger partial charge in [0.25, 0.3) is 0 Å². The Bertz CT molecular complexity index is 424. The summed E-state index contributed by atoms with van der Waals surface area (Å²) in [6.07, 6.45) is 1.52. The molecule has 1 saturated heterocycles. The molecule has 1 aromatic heterocycles. The number of sulfone groups is 1. The molecule has 1 unspecified atom stereocenters. The van der Waals surface area contributed by atoms with Gasteiger partial charge in [0.1, 0.15) is 0 Å². The second-order valence-electron chi connectivity index (χ2n) is 4.30. The molecular formula is C10H15NO2S2. The van der Waals surface area contributed by atoms with E-state index in [2.05, 4.69) is 0 Å². The second-order valence-corrected chi connectivity index (χ2v) is 7.52. The molecular weight excluding hydrogens is 230 g/mol. The number of nitrogens with two attached hydrogens (primary N) is 1. The van der Waals surface area contributed by atoms with Gasteiger partial charge in [-0.2, -0.15) is 0 Å². The minimum Gasteiger partial charge on any atom is -0.330 e. The monoisotopic (exact) mass is 245 g/mol. The molecule has 0 aromatic carbocycles. The van der Waals surface area contributed by atoms with Crippen molar-refractivity contribution in [2.75, 3.05) is 18.1 Å². The fourth-order valence-electron chi connectivity index (χ4n) is 2.14. The molecule has 1 aliphatic heterocycles. The predicted molar refractivity (Wildman–Crippen MR) is 62.8 cm³/mol. The van der Waals surface area contributed by atoms with Gasteiger partial charge in [-0.05, 0) is 30.8 Å².